The van der Waals surface area contributed by atoms with Gasteiger partial charge in [0.1, 0.15) is 0 Å². The molecule has 5 heterocycles. The Labute approximate surface area is 185 Å². The number of hydrogen-bond donors (Lipinski definition) is 3. The molecule has 4 aromatic rings. The first-order valence-electron chi connectivity index (χ1n) is 10.6. The molecular weight excluding hydrogens is 394 g/mol. The average Bonchev–Trinajstić information content (AvgIpc) is 3.58. The summed E-state index contributed by atoms with van der Waals surface area (Å²) in [6, 6.07) is 22.7. The molecule has 0 saturated carbocycles. The van der Waals surface area contributed by atoms with E-state index in [0.29, 0.717) is 6.54 Å². The van der Waals surface area contributed by atoms with E-state index in [9.17, 15) is 0 Å². The van der Waals surface area contributed by atoms with Crippen molar-refractivity contribution in [3.8, 4) is 11.1 Å². The quantitative estimate of drug-likeness (QED) is 0.335. The summed E-state index contributed by atoms with van der Waals surface area (Å²) in [4.78, 5) is 16.5. The Morgan fingerprint density at radius 2 is 1.25 bits per heavy atom. The topological polar surface area (TPSA) is 83.4 Å². The maximum atomic E-state index is 6.26. The number of benzene rings is 1. The number of nitrogens with one attached hydrogen (secondary N) is 2. The number of hydrogen-bond acceptors (Lipinski definition) is 3. The molecule has 6 rings (SSSR count). The molecule has 0 fully saturated rings. The zero-order chi connectivity index (χ0) is 21.5. The maximum absolute atomic E-state index is 6.26. The van der Waals surface area contributed by atoms with Gasteiger partial charge in [0.25, 0.3) is 0 Å². The Balaban J connectivity index is 1.74. The van der Waals surface area contributed by atoms with Gasteiger partial charge < -0.3 is 15.7 Å². The van der Waals surface area contributed by atoms with Gasteiger partial charge in [-0.2, -0.15) is 0 Å². The fraction of sp³-hybridized carbons (Fsp3) is 0.0370. The molecule has 0 unspecified atom stereocenters. The highest BCUT2D eigenvalue weighted by Crippen LogP contribution is 2.32. The summed E-state index contributed by atoms with van der Waals surface area (Å²) in [7, 11) is 0. The molecule has 0 radical (unpaired) electrons. The third-order valence-corrected chi connectivity index (χ3v) is 5.72. The molecule has 0 amide bonds. The predicted molar refractivity (Wildman–Crippen MR) is 132 cm³/mol. The summed E-state index contributed by atoms with van der Waals surface area (Å²) in [5.41, 5.74) is 17.1. The van der Waals surface area contributed by atoms with Crippen LogP contribution < -0.4 is 5.73 Å². The van der Waals surface area contributed by atoms with E-state index >= 15 is 0 Å². The molecule has 32 heavy (non-hydrogen) atoms. The van der Waals surface area contributed by atoms with E-state index in [1.807, 2.05) is 54.6 Å². The summed E-state index contributed by atoms with van der Waals surface area (Å²) in [5.74, 6) is 0. The molecule has 2 aliphatic rings. The normalized spacial score (nSPS) is 12.4. The highest BCUT2D eigenvalue weighted by molar-refractivity contribution is 5.91. The van der Waals surface area contributed by atoms with Gasteiger partial charge in [0.05, 0.1) is 22.8 Å². The predicted octanol–water partition coefficient (Wildman–Crippen LogP) is 5.78. The molecule has 0 spiro atoms. The van der Waals surface area contributed by atoms with E-state index in [-0.39, 0.29) is 0 Å². The number of aromatic amines is 2. The first-order chi connectivity index (χ1) is 15.7. The molecule has 3 aromatic heterocycles. The Bertz CT molecular complexity index is 1550. The summed E-state index contributed by atoms with van der Waals surface area (Å²) >= 11 is 0. The first-order valence-corrected chi connectivity index (χ1v) is 10.6. The summed E-state index contributed by atoms with van der Waals surface area (Å²) in [6.45, 7) is 0.424. The van der Waals surface area contributed by atoms with Crippen molar-refractivity contribution >= 4 is 46.4 Å². The lowest BCUT2D eigenvalue weighted by molar-refractivity contribution is 1.09. The third-order valence-electron chi connectivity index (χ3n) is 5.72. The minimum absolute atomic E-state index is 0.424. The van der Waals surface area contributed by atoms with Crippen molar-refractivity contribution in [1.29, 1.82) is 0 Å². The van der Waals surface area contributed by atoms with E-state index in [1.165, 1.54) is 0 Å². The highest BCUT2D eigenvalue weighted by Gasteiger charge is 2.13. The molecule has 4 N–H and O–H groups in total. The van der Waals surface area contributed by atoms with Crippen molar-refractivity contribution in [3.05, 3.63) is 95.1 Å². The van der Waals surface area contributed by atoms with E-state index < -0.39 is 0 Å². The van der Waals surface area contributed by atoms with Crippen molar-refractivity contribution in [1.82, 2.24) is 19.9 Å². The van der Waals surface area contributed by atoms with Gasteiger partial charge in [-0.15, -0.1) is 0 Å². The molecule has 5 nitrogen and oxygen atoms in total. The Kier molecular flexibility index (Phi) is 4.33. The van der Waals surface area contributed by atoms with Gasteiger partial charge in [0.2, 0.25) is 0 Å². The summed E-state index contributed by atoms with van der Waals surface area (Å²) in [5, 5.41) is 0. The van der Waals surface area contributed by atoms with Crippen LogP contribution in [0, 0.1) is 0 Å². The number of aromatic nitrogens is 4. The monoisotopic (exact) mass is 415 g/mol. The number of fused-ring (bicyclic) bond motifs is 8. The van der Waals surface area contributed by atoms with Gasteiger partial charge in [0.15, 0.2) is 0 Å². The number of H-pyrrole nitrogens is 2. The second-order valence-corrected chi connectivity index (χ2v) is 7.91. The summed E-state index contributed by atoms with van der Waals surface area (Å²) < 4.78 is 0. The second-order valence-electron chi connectivity index (χ2n) is 7.91. The van der Waals surface area contributed by atoms with Gasteiger partial charge >= 0.3 is 0 Å². The molecule has 0 atom stereocenters. The zero-order valence-corrected chi connectivity index (χ0v) is 17.3. The molecule has 8 bridgehead atoms. The molecule has 1 aromatic carbocycles. The Hall–Kier alpha value is -4.22. The molecule has 5 heteroatoms. The standard InChI is InChI=1S/C27H21N5/c28-16-24-25-14-22-10-8-20(30-22)12-18-6-7-19(29-18)13-21-9-11-23(31-21)15-26(32-25)27(24)17-4-2-1-3-5-17/h1-15,30,32H,16,28H2. The zero-order valence-electron chi connectivity index (χ0n) is 17.3. The lowest BCUT2D eigenvalue weighted by Gasteiger charge is -2.03. The van der Waals surface area contributed by atoms with Crippen molar-refractivity contribution < 1.29 is 0 Å². The highest BCUT2D eigenvalue weighted by atomic mass is 14.8. The van der Waals surface area contributed by atoms with Gasteiger partial charge in [-0.3, -0.25) is 0 Å². The van der Waals surface area contributed by atoms with Crippen molar-refractivity contribution in [3.63, 3.8) is 0 Å². The SMILES string of the molecule is NCc1c(-c2ccccc2)c2cc3nc(cc4nc(cc5ccc(cc1[nH]2)[nH]5)C=C4)C=C3. The van der Waals surface area contributed by atoms with Crippen molar-refractivity contribution in [2.75, 3.05) is 0 Å². The lowest BCUT2D eigenvalue weighted by atomic mass is 10.0. The molecule has 0 saturated heterocycles. The molecule has 154 valence electrons. The Morgan fingerprint density at radius 3 is 1.94 bits per heavy atom. The first kappa shape index (κ1) is 18.5. The van der Waals surface area contributed by atoms with Crippen molar-refractivity contribution in [2.45, 2.75) is 6.54 Å². The van der Waals surface area contributed by atoms with E-state index in [1.54, 1.807) is 0 Å². The smallest absolute Gasteiger partial charge is 0.0659 e. The van der Waals surface area contributed by atoms with Crippen LogP contribution in [0.1, 0.15) is 28.3 Å². The van der Waals surface area contributed by atoms with Crippen LogP contribution in [-0.4, -0.2) is 19.9 Å². The third kappa shape index (κ3) is 3.35. The van der Waals surface area contributed by atoms with Crippen LogP contribution in [0.25, 0.3) is 57.5 Å². The fourth-order valence-electron chi connectivity index (χ4n) is 4.28. The molecule has 0 aliphatic carbocycles. The summed E-state index contributed by atoms with van der Waals surface area (Å²) in [6.07, 6.45) is 8.06. The van der Waals surface area contributed by atoms with Gasteiger partial charge in [-0.1, -0.05) is 30.3 Å². The molecule has 2 aliphatic heterocycles. The maximum Gasteiger partial charge on any atom is 0.0659 e. The minimum Gasteiger partial charge on any atom is -0.355 e. The fourth-order valence-corrected chi connectivity index (χ4v) is 4.28. The van der Waals surface area contributed by atoms with Crippen LogP contribution >= 0.6 is 0 Å². The molecular formula is C27H21N5. The van der Waals surface area contributed by atoms with E-state index in [0.717, 1.165) is 61.5 Å². The Morgan fingerprint density at radius 1 is 0.625 bits per heavy atom. The van der Waals surface area contributed by atoms with E-state index in [4.69, 9.17) is 10.7 Å². The van der Waals surface area contributed by atoms with Crippen LogP contribution in [0.2, 0.25) is 0 Å². The average molecular weight is 416 g/mol. The van der Waals surface area contributed by atoms with Gasteiger partial charge in [0, 0.05) is 34.2 Å². The second kappa shape index (κ2) is 7.48. The van der Waals surface area contributed by atoms with Gasteiger partial charge in [-0.05, 0) is 71.8 Å². The number of nitrogens with zero attached hydrogens (tertiary/aromatic N) is 2. The van der Waals surface area contributed by atoms with Gasteiger partial charge in [-0.25, -0.2) is 9.97 Å². The van der Waals surface area contributed by atoms with Crippen LogP contribution in [0.4, 0.5) is 0 Å². The van der Waals surface area contributed by atoms with Crippen LogP contribution in [-0.2, 0) is 6.54 Å². The van der Waals surface area contributed by atoms with Crippen molar-refractivity contribution in [2.24, 2.45) is 5.73 Å². The van der Waals surface area contributed by atoms with Crippen LogP contribution in [0.3, 0.4) is 0 Å². The lowest BCUT2D eigenvalue weighted by Crippen LogP contribution is -1.97. The largest absolute Gasteiger partial charge is 0.355 e. The van der Waals surface area contributed by atoms with Crippen LogP contribution in [0.5, 0.6) is 0 Å². The number of rotatable bonds is 2. The van der Waals surface area contributed by atoms with E-state index in [2.05, 4.69) is 51.4 Å². The number of nitrogens with two attached hydrogens (primary N) is 1. The minimum atomic E-state index is 0.424. The van der Waals surface area contributed by atoms with Crippen LogP contribution in [0.15, 0.2) is 66.7 Å².